The number of hydrogen-bond acceptors (Lipinski definition) is 5. The van der Waals surface area contributed by atoms with E-state index in [9.17, 15) is 14.4 Å². The Morgan fingerprint density at radius 2 is 1.87 bits per heavy atom. The SMILES string of the molecule is CC[C@H](C)[C@H](NC(=O)c1cn(CC)c2cc3c(cc2c1=O)OCO3)C(=O)NCCc1c[nH]c2ccccc12. The lowest BCUT2D eigenvalue weighted by molar-refractivity contribution is -0.124. The zero-order chi connectivity index (χ0) is 26.8. The normalized spacial score (nSPS) is 14.0. The quantitative estimate of drug-likeness (QED) is 0.314. The third-order valence-corrected chi connectivity index (χ3v) is 7.31. The molecule has 0 aliphatic carbocycles. The van der Waals surface area contributed by atoms with E-state index in [1.54, 1.807) is 18.3 Å². The Bertz CT molecular complexity index is 1570. The van der Waals surface area contributed by atoms with Crippen LogP contribution in [0.2, 0.25) is 0 Å². The molecule has 2 amide bonds. The van der Waals surface area contributed by atoms with Gasteiger partial charge in [-0.2, -0.15) is 0 Å². The third-order valence-electron chi connectivity index (χ3n) is 7.31. The van der Waals surface area contributed by atoms with E-state index >= 15 is 0 Å². The second-order valence-corrected chi connectivity index (χ2v) is 9.62. The number of ether oxygens (including phenoxy) is 2. The van der Waals surface area contributed by atoms with Crippen molar-refractivity contribution in [1.82, 2.24) is 20.2 Å². The molecular formula is C29H32N4O5. The molecule has 2 aromatic heterocycles. The van der Waals surface area contributed by atoms with Gasteiger partial charge in [0, 0.05) is 42.5 Å². The van der Waals surface area contributed by atoms with Crippen molar-refractivity contribution in [3.8, 4) is 11.5 Å². The molecule has 3 N–H and O–H groups in total. The fourth-order valence-corrected chi connectivity index (χ4v) is 4.89. The Kier molecular flexibility index (Phi) is 7.09. The topological polar surface area (TPSA) is 114 Å². The van der Waals surface area contributed by atoms with Gasteiger partial charge in [-0.1, -0.05) is 38.5 Å². The number of rotatable bonds is 9. The van der Waals surface area contributed by atoms with Crippen molar-refractivity contribution in [2.75, 3.05) is 13.3 Å². The third kappa shape index (κ3) is 4.71. The van der Waals surface area contributed by atoms with Crippen LogP contribution < -0.4 is 25.5 Å². The first-order valence-corrected chi connectivity index (χ1v) is 13.0. The van der Waals surface area contributed by atoms with Crippen molar-refractivity contribution < 1.29 is 19.1 Å². The molecule has 198 valence electrons. The number of H-pyrrole nitrogens is 1. The number of amides is 2. The van der Waals surface area contributed by atoms with Gasteiger partial charge in [-0.25, -0.2) is 0 Å². The average molecular weight is 517 g/mol. The van der Waals surface area contributed by atoms with Crippen molar-refractivity contribution in [2.45, 2.75) is 46.2 Å². The molecule has 38 heavy (non-hydrogen) atoms. The second-order valence-electron chi connectivity index (χ2n) is 9.62. The molecule has 2 atom stereocenters. The molecule has 2 aromatic carbocycles. The number of nitrogens with one attached hydrogen (secondary N) is 3. The van der Waals surface area contributed by atoms with Gasteiger partial charge in [0.15, 0.2) is 11.5 Å². The van der Waals surface area contributed by atoms with Gasteiger partial charge >= 0.3 is 0 Å². The average Bonchev–Trinajstić information content (AvgIpc) is 3.57. The Labute approximate surface area is 220 Å². The van der Waals surface area contributed by atoms with E-state index in [-0.39, 0.29) is 24.2 Å². The Balaban J connectivity index is 1.34. The fourth-order valence-electron chi connectivity index (χ4n) is 4.89. The van der Waals surface area contributed by atoms with E-state index in [0.29, 0.717) is 48.3 Å². The van der Waals surface area contributed by atoms with Crippen LogP contribution in [0.15, 0.2) is 53.6 Å². The van der Waals surface area contributed by atoms with E-state index in [1.807, 2.05) is 55.8 Å². The summed E-state index contributed by atoms with van der Waals surface area (Å²) in [6, 6.07) is 10.6. The van der Waals surface area contributed by atoms with Gasteiger partial charge in [0.2, 0.25) is 18.1 Å². The van der Waals surface area contributed by atoms with Crippen LogP contribution in [-0.2, 0) is 17.8 Å². The molecule has 9 nitrogen and oxygen atoms in total. The number of hydrogen-bond donors (Lipinski definition) is 3. The number of aromatic amines is 1. The standard InChI is InChI=1S/C29H32N4O5/c1-4-17(3)26(29(36)30-11-10-18-14-31-22-9-7-6-8-19(18)22)32-28(35)21-15-33(5-2)23-13-25-24(37-16-38-25)12-20(23)27(21)34/h6-9,12-15,17,26,31H,4-5,10-11,16H2,1-3H3,(H,30,36)(H,32,35)/t17-,26-/m0/s1. The monoisotopic (exact) mass is 516 g/mol. The molecule has 0 saturated heterocycles. The van der Waals surface area contributed by atoms with Crippen LogP contribution in [0.3, 0.4) is 0 Å². The van der Waals surface area contributed by atoms with Crippen LogP contribution in [0.5, 0.6) is 11.5 Å². The number of pyridine rings is 1. The minimum absolute atomic E-state index is 0.0156. The van der Waals surface area contributed by atoms with Crippen molar-refractivity contribution in [1.29, 1.82) is 0 Å². The van der Waals surface area contributed by atoms with E-state index in [4.69, 9.17) is 9.47 Å². The van der Waals surface area contributed by atoms with E-state index in [1.165, 1.54) is 0 Å². The molecule has 0 bridgehead atoms. The van der Waals surface area contributed by atoms with Crippen molar-refractivity contribution in [2.24, 2.45) is 5.92 Å². The van der Waals surface area contributed by atoms with Gasteiger partial charge in [-0.15, -0.1) is 0 Å². The van der Waals surface area contributed by atoms with Gasteiger partial charge in [-0.3, -0.25) is 14.4 Å². The number of aryl methyl sites for hydroxylation is 1. The Hall–Kier alpha value is -4.27. The summed E-state index contributed by atoms with van der Waals surface area (Å²) in [6.45, 7) is 6.86. The summed E-state index contributed by atoms with van der Waals surface area (Å²) in [5.74, 6) is 0.0652. The van der Waals surface area contributed by atoms with Crippen LogP contribution in [0.1, 0.15) is 43.1 Å². The Morgan fingerprint density at radius 3 is 2.63 bits per heavy atom. The maximum Gasteiger partial charge on any atom is 0.257 e. The number of fused-ring (bicyclic) bond motifs is 3. The lowest BCUT2D eigenvalue weighted by Crippen LogP contribution is -2.51. The largest absolute Gasteiger partial charge is 0.454 e. The van der Waals surface area contributed by atoms with Crippen LogP contribution in [0.4, 0.5) is 0 Å². The predicted molar refractivity (Wildman–Crippen MR) is 146 cm³/mol. The molecule has 5 rings (SSSR count). The van der Waals surface area contributed by atoms with Gasteiger partial charge < -0.3 is 29.7 Å². The van der Waals surface area contributed by atoms with Gasteiger partial charge in [0.05, 0.1) is 10.9 Å². The minimum atomic E-state index is -0.780. The summed E-state index contributed by atoms with van der Waals surface area (Å²) in [5.41, 5.74) is 2.39. The number of nitrogens with zero attached hydrogens (tertiary/aromatic N) is 1. The van der Waals surface area contributed by atoms with Crippen LogP contribution >= 0.6 is 0 Å². The number of benzene rings is 2. The molecule has 0 unspecified atom stereocenters. The van der Waals surface area contributed by atoms with Crippen molar-refractivity contribution in [3.05, 3.63) is 70.1 Å². The highest BCUT2D eigenvalue weighted by Crippen LogP contribution is 2.35. The number of carbonyl (C=O) groups is 2. The number of aromatic nitrogens is 2. The molecule has 1 aliphatic heterocycles. The summed E-state index contributed by atoms with van der Waals surface area (Å²) in [7, 11) is 0. The first-order valence-electron chi connectivity index (χ1n) is 13.0. The molecular weight excluding hydrogens is 484 g/mol. The van der Waals surface area contributed by atoms with Crippen LogP contribution in [0.25, 0.3) is 21.8 Å². The maximum atomic E-state index is 13.4. The highest BCUT2D eigenvalue weighted by molar-refractivity contribution is 6.00. The summed E-state index contributed by atoms with van der Waals surface area (Å²) in [5, 5.41) is 7.30. The zero-order valence-electron chi connectivity index (χ0n) is 21.8. The molecule has 9 heteroatoms. The smallest absolute Gasteiger partial charge is 0.257 e. The molecule has 0 spiro atoms. The van der Waals surface area contributed by atoms with Crippen LogP contribution in [-0.4, -0.2) is 40.7 Å². The molecule has 0 saturated carbocycles. The van der Waals surface area contributed by atoms with Crippen LogP contribution in [0, 0.1) is 5.92 Å². The number of para-hydroxylation sites is 1. The van der Waals surface area contributed by atoms with E-state index in [0.717, 1.165) is 16.5 Å². The summed E-state index contributed by atoms with van der Waals surface area (Å²) < 4.78 is 12.7. The van der Waals surface area contributed by atoms with Gasteiger partial charge in [-0.05, 0) is 37.0 Å². The summed E-state index contributed by atoms with van der Waals surface area (Å²) in [4.78, 5) is 43.2. The summed E-state index contributed by atoms with van der Waals surface area (Å²) >= 11 is 0. The van der Waals surface area contributed by atoms with Crippen molar-refractivity contribution in [3.63, 3.8) is 0 Å². The zero-order valence-corrected chi connectivity index (χ0v) is 21.8. The lowest BCUT2D eigenvalue weighted by atomic mass is 9.97. The minimum Gasteiger partial charge on any atom is -0.454 e. The van der Waals surface area contributed by atoms with Gasteiger partial charge in [0.1, 0.15) is 11.6 Å². The predicted octanol–water partition coefficient (Wildman–Crippen LogP) is 3.73. The number of carbonyl (C=O) groups excluding carboxylic acids is 2. The first-order chi connectivity index (χ1) is 18.4. The molecule has 0 fully saturated rings. The molecule has 3 heterocycles. The lowest BCUT2D eigenvalue weighted by Gasteiger charge is -2.24. The maximum absolute atomic E-state index is 13.4. The highest BCUT2D eigenvalue weighted by atomic mass is 16.7. The fraction of sp³-hybridized carbons (Fsp3) is 0.345. The Morgan fingerprint density at radius 1 is 1.11 bits per heavy atom. The summed E-state index contributed by atoms with van der Waals surface area (Å²) in [6.07, 6.45) is 4.83. The molecule has 1 aliphatic rings. The van der Waals surface area contributed by atoms with E-state index in [2.05, 4.69) is 15.6 Å². The van der Waals surface area contributed by atoms with Crippen molar-refractivity contribution >= 4 is 33.6 Å². The van der Waals surface area contributed by atoms with Gasteiger partial charge in [0.25, 0.3) is 5.91 Å². The molecule has 0 radical (unpaired) electrons. The highest BCUT2D eigenvalue weighted by Gasteiger charge is 2.28. The second kappa shape index (κ2) is 10.6. The molecule has 4 aromatic rings. The first kappa shape index (κ1) is 25.4. The van der Waals surface area contributed by atoms with E-state index < -0.39 is 17.4 Å².